The van der Waals surface area contributed by atoms with Gasteiger partial charge in [-0.25, -0.2) is 5.14 Å². The molecule has 0 unspecified atom stereocenters. The smallest absolute Gasteiger partial charge is 0.216 e. The van der Waals surface area contributed by atoms with Crippen LogP contribution in [0.1, 0.15) is 26.7 Å². The lowest BCUT2D eigenvalue weighted by atomic mass is 10.0. The highest BCUT2D eigenvalue weighted by molar-refractivity contribution is 7.86. The van der Waals surface area contributed by atoms with Crippen molar-refractivity contribution in [3.63, 3.8) is 0 Å². The molecule has 1 fully saturated rings. The minimum atomic E-state index is -3.48. The Labute approximate surface area is 67.6 Å². The molecule has 11 heavy (non-hydrogen) atoms. The van der Waals surface area contributed by atoms with Crippen molar-refractivity contribution in [1.82, 2.24) is 4.31 Å². The molecule has 0 amide bonds. The van der Waals surface area contributed by atoms with Crippen LogP contribution in [0.25, 0.3) is 0 Å². The molecule has 0 aromatic heterocycles. The first-order valence-corrected chi connectivity index (χ1v) is 5.15. The van der Waals surface area contributed by atoms with Crippen molar-refractivity contribution in [3.05, 3.63) is 0 Å². The molecule has 0 aromatic carbocycles. The van der Waals surface area contributed by atoms with Gasteiger partial charge in [-0.3, -0.25) is 0 Å². The number of hydrogen-bond donors (Lipinski definition) is 1. The normalized spacial score (nSPS) is 25.7. The number of rotatable bonds is 1. The van der Waals surface area contributed by atoms with Crippen LogP contribution in [-0.4, -0.2) is 24.8 Å². The van der Waals surface area contributed by atoms with Crippen LogP contribution in [0.3, 0.4) is 0 Å². The zero-order chi connectivity index (χ0) is 8.70. The molecule has 0 saturated carbocycles. The highest BCUT2D eigenvalue weighted by atomic mass is 32.2. The minimum absolute atomic E-state index is 0.284. The van der Waals surface area contributed by atoms with Gasteiger partial charge in [0.25, 0.3) is 10.2 Å². The van der Waals surface area contributed by atoms with Gasteiger partial charge in [-0.15, -0.1) is 0 Å². The zero-order valence-electron chi connectivity index (χ0n) is 6.87. The average molecular weight is 178 g/mol. The molecule has 1 heterocycles. The predicted molar refractivity (Wildman–Crippen MR) is 43.1 cm³/mol. The molecule has 0 bridgehead atoms. The van der Waals surface area contributed by atoms with E-state index in [4.69, 9.17) is 5.14 Å². The topological polar surface area (TPSA) is 63.4 Å². The second-order valence-electron chi connectivity index (χ2n) is 3.53. The fraction of sp³-hybridized carbons (Fsp3) is 1.00. The Morgan fingerprint density at radius 2 is 2.00 bits per heavy atom. The van der Waals surface area contributed by atoms with Crippen molar-refractivity contribution in [2.45, 2.75) is 32.2 Å². The molecule has 0 atom stereocenters. The van der Waals surface area contributed by atoms with Crippen LogP contribution in [-0.2, 0) is 10.2 Å². The van der Waals surface area contributed by atoms with Crippen LogP contribution in [0, 0.1) is 0 Å². The van der Waals surface area contributed by atoms with E-state index in [1.807, 2.05) is 13.8 Å². The van der Waals surface area contributed by atoms with Crippen molar-refractivity contribution >= 4 is 10.2 Å². The third-order valence-corrected chi connectivity index (χ3v) is 3.42. The Hall–Kier alpha value is -0.130. The summed E-state index contributed by atoms with van der Waals surface area (Å²) in [6.45, 7) is 4.35. The Kier molecular flexibility index (Phi) is 1.98. The summed E-state index contributed by atoms with van der Waals surface area (Å²) in [5.41, 5.74) is -0.284. The Bertz CT molecular complexity index is 245. The molecule has 2 N–H and O–H groups in total. The SMILES string of the molecule is CC1(C)CCCN1S(N)(=O)=O. The van der Waals surface area contributed by atoms with Gasteiger partial charge in [0.05, 0.1) is 0 Å². The van der Waals surface area contributed by atoms with Gasteiger partial charge in [-0.1, -0.05) is 0 Å². The molecule has 1 rings (SSSR count). The molecular formula is C6H14N2O2S. The van der Waals surface area contributed by atoms with E-state index in [0.717, 1.165) is 12.8 Å². The minimum Gasteiger partial charge on any atom is -0.216 e. The first-order chi connectivity index (χ1) is 4.84. The largest absolute Gasteiger partial charge is 0.277 e. The van der Waals surface area contributed by atoms with E-state index in [0.29, 0.717) is 6.54 Å². The lowest BCUT2D eigenvalue weighted by Gasteiger charge is -2.28. The summed E-state index contributed by atoms with van der Waals surface area (Å²) in [4.78, 5) is 0. The maximum absolute atomic E-state index is 11.0. The summed E-state index contributed by atoms with van der Waals surface area (Å²) < 4.78 is 23.3. The summed E-state index contributed by atoms with van der Waals surface area (Å²) in [5, 5.41) is 5.01. The van der Waals surface area contributed by atoms with E-state index < -0.39 is 10.2 Å². The van der Waals surface area contributed by atoms with Gasteiger partial charge in [0.2, 0.25) is 0 Å². The second-order valence-corrected chi connectivity index (χ2v) is 5.00. The standard InChI is InChI=1S/C6H14N2O2S/c1-6(2)4-3-5-8(6)11(7,9)10/h3-5H2,1-2H3,(H2,7,9,10). The Morgan fingerprint density at radius 3 is 2.18 bits per heavy atom. The van der Waals surface area contributed by atoms with Gasteiger partial charge >= 0.3 is 0 Å². The fourth-order valence-corrected chi connectivity index (χ4v) is 2.72. The molecule has 0 spiro atoms. The lowest BCUT2D eigenvalue weighted by Crippen LogP contribution is -2.45. The highest BCUT2D eigenvalue weighted by Gasteiger charge is 2.38. The molecule has 66 valence electrons. The number of nitrogens with zero attached hydrogens (tertiary/aromatic N) is 1. The monoisotopic (exact) mass is 178 g/mol. The third-order valence-electron chi connectivity index (χ3n) is 2.13. The van der Waals surface area contributed by atoms with E-state index in [1.54, 1.807) is 0 Å². The predicted octanol–water partition coefficient (Wildman–Crippen LogP) is 0.0643. The van der Waals surface area contributed by atoms with Crippen LogP contribution < -0.4 is 5.14 Å². The first-order valence-electron chi connectivity index (χ1n) is 3.64. The zero-order valence-corrected chi connectivity index (χ0v) is 7.69. The van der Waals surface area contributed by atoms with Crippen LogP contribution in [0.5, 0.6) is 0 Å². The summed E-state index contributed by atoms with van der Waals surface area (Å²) in [5.74, 6) is 0. The van der Waals surface area contributed by atoms with E-state index >= 15 is 0 Å². The van der Waals surface area contributed by atoms with Crippen molar-refractivity contribution < 1.29 is 8.42 Å². The van der Waals surface area contributed by atoms with E-state index in [1.165, 1.54) is 4.31 Å². The van der Waals surface area contributed by atoms with Crippen LogP contribution >= 0.6 is 0 Å². The Balaban J connectivity index is 2.91. The molecule has 5 heteroatoms. The molecule has 4 nitrogen and oxygen atoms in total. The summed E-state index contributed by atoms with van der Waals surface area (Å²) >= 11 is 0. The van der Waals surface area contributed by atoms with Crippen molar-refractivity contribution in [1.29, 1.82) is 0 Å². The van der Waals surface area contributed by atoms with Gasteiger partial charge in [0, 0.05) is 12.1 Å². The highest BCUT2D eigenvalue weighted by Crippen LogP contribution is 2.29. The lowest BCUT2D eigenvalue weighted by molar-refractivity contribution is 0.292. The molecule has 1 aliphatic heterocycles. The van der Waals surface area contributed by atoms with Crippen LogP contribution in [0.15, 0.2) is 0 Å². The van der Waals surface area contributed by atoms with Crippen LogP contribution in [0.4, 0.5) is 0 Å². The maximum atomic E-state index is 11.0. The first kappa shape index (κ1) is 8.96. The second kappa shape index (κ2) is 2.43. The van der Waals surface area contributed by atoms with Gasteiger partial charge in [-0.05, 0) is 26.7 Å². The van der Waals surface area contributed by atoms with Crippen molar-refractivity contribution in [2.24, 2.45) is 5.14 Å². The van der Waals surface area contributed by atoms with Gasteiger partial charge in [-0.2, -0.15) is 12.7 Å². The van der Waals surface area contributed by atoms with E-state index in [9.17, 15) is 8.42 Å². The third kappa shape index (κ3) is 1.72. The van der Waals surface area contributed by atoms with Crippen molar-refractivity contribution in [2.75, 3.05) is 6.54 Å². The van der Waals surface area contributed by atoms with Gasteiger partial charge < -0.3 is 0 Å². The summed E-state index contributed by atoms with van der Waals surface area (Å²) in [6.07, 6.45) is 1.80. The van der Waals surface area contributed by atoms with E-state index in [-0.39, 0.29) is 5.54 Å². The molecular weight excluding hydrogens is 164 g/mol. The molecule has 0 radical (unpaired) electrons. The number of nitrogens with two attached hydrogens (primary N) is 1. The molecule has 0 aliphatic carbocycles. The average Bonchev–Trinajstić information content (AvgIpc) is 2.06. The van der Waals surface area contributed by atoms with Crippen LogP contribution in [0.2, 0.25) is 0 Å². The molecule has 1 aliphatic rings. The number of hydrogen-bond acceptors (Lipinski definition) is 2. The maximum Gasteiger partial charge on any atom is 0.277 e. The van der Waals surface area contributed by atoms with Gasteiger partial charge in [0.15, 0.2) is 0 Å². The summed E-state index contributed by atoms with van der Waals surface area (Å²) in [7, 11) is -3.48. The summed E-state index contributed by atoms with van der Waals surface area (Å²) in [6, 6.07) is 0. The molecule has 1 saturated heterocycles. The Morgan fingerprint density at radius 1 is 1.45 bits per heavy atom. The quantitative estimate of drug-likeness (QED) is 0.617. The molecule has 0 aromatic rings. The van der Waals surface area contributed by atoms with Gasteiger partial charge in [0.1, 0.15) is 0 Å². The van der Waals surface area contributed by atoms with Crippen molar-refractivity contribution in [3.8, 4) is 0 Å². The fourth-order valence-electron chi connectivity index (χ4n) is 1.55. The van der Waals surface area contributed by atoms with E-state index in [2.05, 4.69) is 0 Å².